The molecule has 0 bridgehead atoms. The van der Waals surface area contributed by atoms with Crippen LogP contribution in [0.1, 0.15) is 19.8 Å². The van der Waals surface area contributed by atoms with Crippen LogP contribution < -0.4 is 11.1 Å². The average molecular weight is 200 g/mol. The minimum absolute atomic E-state index is 0.0884. The Hall–Kier alpha value is -0.610. The van der Waals surface area contributed by atoms with E-state index in [1.54, 1.807) is 0 Å². The van der Waals surface area contributed by atoms with Gasteiger partial charge >= 0.3 is 0 Å². The maximum Gasteiger partial charge on any atom is 0.223 e. The molecule has 0 spiro atoms. The fraction of sp³-hybridized carbons (Fsp3) is 0.900. The van der Waals surface area contributed by atoms with Crippen LogP contribution in [0.2, 0.25) is 0 Å². The summed E-state index contributed by atoms with van der Waals surface area (Å²) in [6.07, 6.45) is 1.99. The van der Waals surface area contributed by atoms with Crippen molar-refractivity contribution in [2.75, 3.05) is 26.3 Å². The molecule has 1 unspecified atom stereocenters. The molecule has 1 rings (SSSR count). The number of carbonyl (C=O) groups is 1. The predicted molar refractivity (Wildman–Crippen MR) is 54.8 cm³/mol. The van der Waals surface area contributed by atoms with Crippen LogP contribution in [-0.4, -0.2) is 32.2 Å². The second kappa shape index (κ2) is 5.98. The Labute approximate surface area is 85.2 Å². The summed E-state index contributed by atoms with van der Waals surface area (Å²) in [6, 6.07) is 0. The lowest BCUT2D eigenvalue weighted by Crippen LogP contribution is -2.37. The molecular formula is C10H20N2O2. The normalized spacial score (nSPS) is 20.4. The monoisotopic (exact) mass is 200 g/mol. The van der Waals surface area contributed by atoms with E-state index in [1.165, 1.54) is 0 Å². The molecule has 4 nitrogen and oxygen atoms in total. The number of rotatable bonds is 4. The van der Waals surface area contributed by atoms with E-state index in [1.807, 2.05) is 6.92 Å². The fourth-order valence-electron chi connectivity index (χ4n) is 1.79. The highest BCUT2D eigenvalue weighted by Gasteiger charge is 2.25. The van der Waals surface area contributed by atoms with Crippen molar-refractivity contribution in [2.24, 2.45) is 17.6 Å². The molecule has 0 aromatic carbocycles. The molecule has 0 aliphatic carbocycles. The number of nitrogens with two attached hydrogens (primary N) is 1. The van der Waals surface area contributed by atoms with E-state index >= 15 is 0 Å². The molecule has 0 aromatic rings. The van der Waals surface area contributed by atoms with Crippen molar-refractivity contribution in [1.82, 2.24) is 5.32 Å². The molecule has 1 aliphatic heterocycles. The molecule has 0 aromatic heterocycles. The maximum atomic E-state index is 11.6. The van der Waals surface area contributed by atoms with Gasteiger partial charge in [0.2, 0.25) is 5.91 Å². The molecule has 1 aliphatic rings. The zero-order chi connectivity index (χ0) is 10.4. The van der Waals surface area contributed by atoms with Gasteiger partial charge in [-0.05, 0) is 18.8 Å². The summed E-state index contributed by atoms with van der Waals surface area (Å²) in [6.45, 7) is 4.65. The Kier molecular flexibility index (Phi) is 4.90. The van der Waals surface area contributed by atoms with Crippen molar-refractivity contribution in [3.8, 4) is 0 Å². The summed E-state index contributed by atoms with van der Waals surface area (Å²) in [4.78, 5) is 11.6. The van der Waals surface area contributed by atoms with Crippen LogP contribution in [0.25, 0.3) is 0 Å². The third-order valence-electron chi connectivity index (χ3n) is 2.83. The number of ether oxygens (including phenoxy) is 1. The van der Waals surface area contributed by atoms with Gasteiger partial charge in [0.25, 0.3) is 0 Å². The van der Waals surface area contributed by atoms with E-state index < -0.39 is 0 Å². The summed E-state index contributed by atoms with van der Waals surface area (Å²) >= 11 is 0. The summed E-state index contributed by atoms with van der Waals surface area (Å²) in [7, 11) is 0. The summed E-state index contributed by atoms with van der Waals surface area (Å²) < 4.78 is 5.26. The molecule has 82 valence electrons. The number of hydrogen-bond donors (Lipinski definition) is 2. The van der Waals surface area contributed by atoms with Crippen molar-refractivity contribution in [3.63, 3.8) is 0 Å². The Morgan fingerprint density at radius 3 is 2.79 bits per heavy atom. The van der Waals surface area contributed by atoms with E-state index in [9.17, 15) is 4.79 Å². The van der Waals surface area contributed by atoms with Crippen LogP contribution in [0.4, 0.5) is 0 Å². The third kappa shape index (κ3) is 3.27. The van der Waals surface area contributed by atoms with Crippen molar-refractivity contribution < 1.29 is 9.53 Å². The van der Waals surface area contributed by atoms with Gasteiger partial charge in [0.15, 0.2) is 0 Å². The van der Waals surface area contributed by atoms with Gasteiger partial charge in [0.1, 0.15) is 0 Å². The zero-order valence-electron chi connectivity index (χ0n) is 8.79. The van der Waals surface area contributed by atoms with Crippen molar-refractivity contribution >= 4 is 5.91 Å². The highest BCUT2D eigenvalue weighted by atomic mass is 16.5. The van der Waals surface area contributed by atoms with Gasteiger partial charge in [-0.1, -0.05) is 6.92 Å². The van der Waals surface area contributed by atoms with Gasteiger partial charge in [-0.3, -0.25) is 4.79 Å². The molecule has 1 heterocycles. The first-order chi connectivity index (χ1) is 6.75. The number of nitrogens with one attached hydrogen (secondary N) is 1. The molecule has 1 amide bonds. The van der Waals surface area contributed by atoms with Crippen LogP contribution in [0.5, 0.6) is 0 Å². The maximum absolute atomic E-state index is 11.6. The topological polar surface area (TPSA) is 64.4 Å². The van der Waals surface area contributed by atoms with Gasteiger partial charge in [-0.15, -0.1) is 0 Å². The van der Waals surface area contributed by atoms with Crippen LogP contribution >= 0.6 is 0 Å². The fourth-order valence-corrected chi connectivity index (χ4v) is 1.79. The number of hydrogen-bond acceptors (Lipinski definition) is 3. The third-order valence-corrected chi connectivity index (χ3v) is 2.83. The largest absolute Gasteiger partial charge is 0.381 e. The van der Waals surface area contributed by atoms with Gasteiger partial charge in [0, 0.05) is 32.2 Å². The van der Waals surface area contributed by atoms with Gasteiger partial charge in [-0.2, -0.15) is 0 Å². The highest BCUT2D eigenvalue weighted by Crippen LogP contribution is 2.23. The number of amides is 1. The smallest absolute Gasteiger partial charge is 0.223 e. The molecule has 3 N–H and O–H groups in total. The summed E-state index contributed by atoms with van der Waals surface area (Å²) in [5, 5.41) is 2.82. The van der Waals surface area contributed by atoms with Crippen LogP contribution in [0.3, 0.4) is 0 Å². The van der Waals surface area contributed by atoms with E-state index in [2.05, 4.69) is 5.32 Å². The lowest BCUT2D eigenvalue weighted by Gasteiger charge is -2.26. The van der Waals surface area contributed by atoms with Crippen molar-refractivity contribution in [1.29, 1.82) is 0 Å². The molecular weight excluding hydrogens is 180 g/mol. The standard InChI is InChI=1S/C10H20N2O2/c1-8(10(13)12-5-4-11)9-2-6-14-7-3-9/h8-9H,2-7,11H2,1H3,(H,12,13). The van der Waals surface area contributed by atoms with Gasteiger partial charge < -0.3 is 15.8 Å². The number of carbonyl (C=O) groups excluding carboxylic acids is 1. The highest BCUT2D eigenvalue weighted by molar-refractivity contribution is 5.78. The molecule has 0 saturated carbocycles. The second-order valence-corrected chi connectivity index (χ2v) is 3.82. The summed E-state index contributed by atoms with van der Waals surface area (Å²) in [5.41, 5.74) is 5.32. The Balaban J connectivity index is 2.30. The van der Waals surface area contributed by atoms with E-state index in [0.29, 0.717) is 19.0 Å². The second-order valence-electron chi connectivity index (χ2n) is 3.82. The van der Waals surface area contributed by atoms with Gasteiger partial charge in [0.05, 0.1) is 0 Å². The first-order valence-corrected chi connectivity index (χ1v) is 5.31. The van der Waals surface area contributed by atoms with E-state index in [4.69, 9.17) is 10.5 Å². The Morgan fingerprint density at radius 1 is 1.57 bits per heavy atom. The minimum atomic E-state index is 0.0884. The molecule has 1 saturated heterocycles. The van der Waals surface area contributed by atoms with Crippen LogP contribution in [-0.2, 0) is 9.53 Å². The molecule has 4 heteroatoms. The zero-order valence-corrected chi connectivity index (χ0v) is 8.79. The Morgan fingerprint density at radius 2 is 2.21 bits per heavy atom. The minimum Gasteiger partial charge on any atom is -0.381 e. The quantitative estimate of drug-likeness (QED) is 0.677. The van der Waals surface area contributed by atoms with Crippen molar-refractivity contribution in [2.45, 2.75) is 19.8 Å². The average Bonchev–Trinajstić information content (AvgIpc) is 2.26. The first kappa shape index (κ1) is 11.5. The SMILES string of the molecule is CC(C(=O)NCCN)C1CCOCC1. The van der Waals surface area contributed by atoms with Crippen LogP contribution in [0.15, 0.2) is 0 Å². The lowest BCUT2D eigenvalue weighted by molar-refractivity contribution is -0.127. The first-order valence-electron chi connectivity index (χ1n) is 5.31. The van der Waals surface area contributed by atoms with Crippen molar-refractivity contribution in [3.05, 3.63) is 0 Å². The molecule has 1 fully saturated rings. The Bertz CT molecular complexity index is 179. The molecule has 1 atom stereocenters. The van der Waals surface area contributed by atoms with E-state index in [0.717, 1.165) is 26.1 Å². The van der Waals surface area contributed by atoms with E-state index in [-0.39, 0.29) is 11.8 Å². The van der Waals surface area contributed by atoms with Gasteiger partial charge in [-0.25, -0.2) is 0 Å². The predicted octanol–water partition coefficient (Wildman–Crippen LogP) is 0.124. The lowest BCUT2D eigenvalue weighted by atomic mass is 9.87. The summed E-state index contributed by atoms with van der Waals surface area (Å²) in [5.74, 6) is 0.689. The molecule has 0 radical (unpaired) electrons. The van der Waals surface area contributed by atoms with Crippen LogP contribution in [0, 0.1) is 11.8 Å². The molecule has 14 heavy (non-hydrogen) atoms.